The van der Waals surface area contributed by atoms with Crippen molar-refractivity contribution in [3.05, 3.63) is 39.9 Å². The molecular formula is C15H19N3O2. The zero-order chi connectivity index (χ0) is 14.6. The molecule has 1 heterocycles. The summed E-state index contributed by atoms with van der Waals surface area (Å²) in [5.74, 6) is 0. The van der Waals surface area contributed by atoms with Gasteiger partial charge >= 0.3 is 0 Å². The van der Waals surface area contributed by atoms with E-state index in [2.05, 4.69) is 11.0 Å². The second-order valence-electron chi connectivity index (χ2n) is 5.65. The van der Waals surface area contributed by atoms with Gasteiger partial charge in [-0.25, -0.2) is 0 Å². The van der Waals surface area contributed by atoms with E-state index >= 15 is 0 Å². The molecule has 0 spiro atoms. The molecule has 0 N–H and O–H groups in total. The lowest BCUT2D eigenvalue weighted by Gasteiger charge is -2.34. The smallest absolute Gasteiger partial charge is 0.272 e. The van der Waals surface area contributed by atoms with Crippen LogP contribution in [0.25, 0.3) is 0 Å². The van der Waals surface area contributed by atoms with Crippen molar-refractivity contribution in [2.24, 2.45) is 5.41 Å². The lowest BCUT2D eigenvalue weighted by molar-refractivity contribution is -0.385. The molecule has 20 heavy (non-hydrogen) atoms. The Labute approximate surface area is 119 Å². The van der Waals surface area contributed by atoms with Crippen molar-refractivity contribution in [3.63, 3.8) is 0 Å². The van der Waals surface area contributed by atoms with Crippen molar-refractivity contribution in [2.45, 2.75) is 26.2 Å². The second kappa shape index (κ2) is 6.02. The summed E-state index contributed by atoms with van der Waals surface area (Å²) in [6.07, 6.45) is 2.43. The van der Waals surface area contributed by atoms with E-state index in [4.69, 9.17) is 5.26 Å². The number of benzene rings is 1. The van der Waals surface area contributed by atoms with Gasteiger partial charge in [0.05, 0.1) is 16.4 Å². The highest BCUT2D eigenvalue weighted by Gasteiger charge is 2.29. The number of nitrogens with zero attached hydrogens (tertiary/aromatic N) is 3. The van der Waals surface area contributed by atoms with Crippen molar-refractivity contribution < 1.29 is 4.92 Å². The summed E-state index contributed by atoms with van der Waals surface area (Å²) in [4.78, 5) is 12.9. The van der Waals surface area contributed by atoms with E-state index in [1.165, 1.54) is 0 Å². The SMILES string of the molecule is CC1(C#N)CCN(CCc2ccccc2[N+](=O)[O-])CC1. The van der Waals surface area contributed by atoms with E-state index < -0.39 is 0 Å². The van der Waals surface area contributed by atoms with Crippen LogP contribution >= 0.6 is 0 Å². The standard InChI is InChI=1S/C15H19N3O2/c1-15(12-16)7-10-17(11-8-15)9-6-13-4-2-3-5-14(13)18(19)20/h2-5H,6-11H2,1H3. The molecule has 1 aliphatic rings. The Morgan fingerprint density at radius 2 is 2.05 bits per heavy atom. The van der Waals surface area contributed by atoms with Gasteiger partial charge < -0.3 is 4.90 Å². The molecule has 5 heteroatoms. The molecule has 1 fully saturated rings. The number of nitriles is 1. The summed E-state index contributed by atoms with van der Waals surface area (Å²) in [7, 11) is 0. The average molecular weight is 273 g/mol. The maximum absolute atomic E-state index is 11.0. The molecule has 1 saturated heterocycles. The lowest BCUT2D eigenvalue weighted by atomic mass is 9.82. The minimum atomic E-state index is -0.321. The van der Waals surface area contributed by atoms with E-state index in [1.54, 1.807) is 12.1 Å². The summed E-state index contributed by atoms with van der Waals surface area (Å²) in [5.41, 5.74) is 0.785. The maximum atomic E-state index is 11.0. The Morgan fingerprint density at radius 3 is 2.65 bits per heavy atom. The molecule has 0 radical (unpaired) electrons. The molecule has 1 aromatic carbocycles. The van der Waals surface area contributed by atoms with Crippen LogP contribution in [0.1, 0.15) is 25.3 Å². The minimum Gasteiger partial charge on any atom is -0.303 e. The summed E-state index contributed by atoms with van der Waals surface area (Å²) in [6.45, 7) is 4.61. The third-order valence-electron chi connectivity index (χ3n) is 4.12. The number of para-hydroxylation sites is 1. The number of rotatable bonds is 4. The molecule has 1 aliphatic heterocycles. The Balaban J connectivity index is 1.91. The van der Waals surface area contributed by atoms with Crippen molar-refractivity contribution in [1.29, 1.82) is 5.26 Å². The predicted molar refractivity (Wildman–Crippen MR) is 76.2 cm³/mol. The van der Waals surface area contributed by atoms with E-state index in [9.17, 15) is 10.1 Å². The fourth-order valence-electron chi connectivity index (χ4n) is 2.56. The van der Waals surface area contributed by atoms with Crippen LogP contribution in [0.5, 0.6) is 0 Å². The van der Waals surface area contributed by atoms with Crippen LogP contribution in [0.2, 0.25) is 0 Å². The number of hydrogen-bond acceptors (Lipinski definition) is 4. The van der Waals surface area contributed by atoms with Crippen LogP contribution in [-0.4, -0.2) is 29.5 Å². The van der Waals surface area contributed by atoms with Crippen LogP contribution in [0, 0.1) is 26.9 Å². The predicted octanol–water partition coefficient (Wildman–Crippen LogP) is 2.76. The van der Waals surface area contributed by atoms with Crippen LogP contribution in [0.4, 0.5) is 5.69 Å². The van der Waals surface area contributed by atoms with Crippen molar-refractivity contribution in [3.8, 4) is 6.07 Å². The number of hydrogen-bond donors (Lipinski definition) is 0. The first-order valence-corrected chi connectivity index (χ1v) is 6.90. The van der Waals surface area contributed by atoms with E-state index in [0.717, 1.165) is 38.0 Å². The topological polar surface area (TPSA) is 70.2 Å². The largest absolute Gasteiger partial charge is 0.303 e. The second-order valence-corrected chi connectivity index (χ2v) is 5.65. The highest BCUT2D eigenvalue weighted by molar-refractivity contribution is 5.39. The first-order chi connectivity index (χ1) is 9.54. The van der Waals surface area contributed by atoms with Gasteiger partial charge in [0, 0.05) is 18.2 Å². The summed E-state index contributed by atoms with van der Waals surface area (Å²) in [5, 5.41) is 20.1. The molecule has 0 bridgehead atoms. The van der Waals surface area contributed by atoms with Crippen molar-refractivity contribution >= 4 is 5.69 Å². The highest BCUT2D eigenvalue weighted by Crippen LogP contribution is 2.30. The third kappa shape index (κ3) is 3.34. The molecule has 106 valence electrons. The van der Waals surface area contributed by atoms with Gasteiger partial charge in [-0.3, -0.25) is 10.1 Å². The van der Waals surface area contributed by atoms with Crippen molar-refractivity contribution in [1.82, 2.24) is 4.90 Å². The minimum absolute atomic E-state index is 0.199. The number of likely N-dealkylation sites (tertiary alicyclic amines) is 1. The number of nitro benzene ring substituents is 1. The highest BCUT2D eigenvalue weighted by atomic mass is 16.6. The van der Waals surface area contributed by atoms with Gasteiger partial charge in [-0.05, 0) is 39.3 Å². The first-order valence-electron chi connectivity index (χ1n) is 6.90. The van der Waals surface area contributed by atoms with Gasteiger partial charge in [-0.15, -0.1) is 0 Å². The molecule has 0 unspecified atom stereocenters. The van der Waals surface area contributed by atoms with Gasteiger partial charge in [-0.2, -0.15) is 5.26 Å². The van der Waals surface area contributed by atoms with Crippen LogP contribution in [0.3, 0.4) is 0 Å². The molecule has 0 aliphatic carbocycles. The van der Waals surface area contributed by atoms with Gasteiger partial charge in [0.15, 0.2) is 0 Å². The maximum Gasteiger partial charge on any atom is 0.272 e. The molecule has 2 rings (SSSR count). The number of piperidine rings is 1. The van der Waals surface area contributed by atoms with Gasteiger partial charge in [0.2, 0.25) is 0 Å². The van der Waals surface area contributed by atoms with Crippen LogP contribution < -0.4 is 0 Å². The average Bonchev–Trinajstić information content (AvgIpc) is 2.47. The molecule has 0 atom stereocenters. The Bertz CT molecular complexity index is 528. The fourth-order valence-corrected chi connectivity index (χ4v) is 2.56. The van der Waals surface area contributed by atoms with Crippen LogP contribution in [0.15, 0.2) is 24.3 Å². The third-order valence-corrected chi connectivity index (χ3v) is 4.12. The first kappa shape index (κ1) is 14.5. The summed E-state index contributed by atoms with van der Waals surface area (Å²) >= 11 is 0. The van der Waals surface area contributed by atoms with Crippen LogP contribution in [-0.2, 0) is 6.42 Å². The Morgan fingerprint density at radius 1 is 1.40 bits per heavy atom. The van der Waals surface area contributed by atoms with E-state index in [0.29, 0.717) is 6.42 Å². The Hall–Kier alpha value is -1.93. The number of nitro groups is 1. The molecule has 0 amide bonds. The zero-order valence-corrected chi connectivity index (χ0v) is 11.7. The molecule has 1 aromatic rings. The molecular weight excluding hydrogens is 254 g/mol. The monoisotopic (exact) mass is 273 g/mol. The normalized spacial score (nSPS) is 18.4. The molecule has 5 nitrogen and oxygen atoms in total. The summed E-state index contributed by atoms with van der Waals surface area (Å²) in [6, 6.07) is 9.29. The van der Waals surface area contributed by atoms with Gasteiger partial charge in [0.25, 0.3) is 5.69 Å². The van der Waals surface area contributed by atoms with E-state index in [-0.39, 0.29) is 16.0 Å². The zero-order valence-electron chi connectivity index (χ0n) is 11.7. The lowest BCUT2D eigenvalue weighted by Crippen LogP contribution is -2.39. The molecule has 0 saturated carbocycles. The Kier molecular flexibility index (Phi) is 4.35. The quantitative estimate of drug-likeness (QED) is 0.624. The summed E-state index contributed by atoms with van der Waals surface area (Å²) < 4.78 is 0. The molecule has 0 aromatic heterocycles. The van der Waals surface area contributed by atoms with Gasteiger partial charge in [0.1, 0.15) is 0 Å². The fraction of sp³-hybridized carbons (Fsp3) is 0.533. The van der Waals surface area contributed by atoms with Gasteiger partial charge in [-0.1, -0.05) is 18.2 Å². The van der Waals surface area contributed by atoms with Crippen molar-refractivity contribution in [2.75, 3.05) is 19.6 Å². The van der Waals surface area contributed by atoms with E-state index in [1.807, 2.05) is 19.1 Å².